The average molecular weight is 202 g/mol. The van der Waals surface area contributed by atoms with Crippen LogP contribution in [0.1, 0.15) is 0 Å². The van der Waals surface area contributed by atoms with E-state index in [1.807, 2.05) is 18.2 Å². The number of carboxylic acid groups (broad SMARTS) is 1. The fraction of sp³-hybridized carbons (Fsp3) is 0.0909. The largest absolute Gasteiger partial charge is 0.478 e. The molecule has 0 aliphatic carbocycles. The van der Waals surface area contributed by atoms with E-state index >= 15 is 0 Å². The first-order valence-electron chi connectivity index (χ1n) is 4.57. The molecule has 0 radical (unpaired) electrons. The van der Waals surface area contributed by atoms with Gasteiger partial charge in [0, 0.05) is 18.9 Å². The Labute approximate surface area is 87.2 Å². The maximum atomic E-state index is 10.8. The van der Waals surface area contributed by atoms with Crippen LogP contribution in [0.25, 0.3) is 0 Å². The molecule has 76 valence electrons. The molecule has 2 rings (SSSR count). The highest BCUT2D eigenvalue weighted by atomic mass is 16.4. The lowest BCUT2D eigenvalue weighted by Crippen LogP contribution is -2.21. The van der Waals surface area contributed by atoms with Crippen molar-refractivity contribution in [2.24, 2.45) is 0 Å². The molecule has 0 fully saturated rings. The second kappa shape index (κ2) is 3.96. The van der Waals surface area contributed by atoms with Gasteiger partial charge in [-0.25, -0.2) is 9.78 Å². The quantitative estimate of drug-likeness (QED) is 0.788. The van der Waals surface area contributed by atoms with Crippen LogP contribution in [0.5, 0.6) is 0 Å². The number of nitrogens with zero attached hydrogens (tertiary/aromatic N) is 2. The van der Waals surface area contributed by atoms with Crippen molar-refractivity contribution in [2.45, 2.75) is 0 Å². The average Bonchev–Trinajstić information content (AvgIpc) is 2.30. The molecule has 1 aromatic rings. The molecular formula is C11H10N2O2. The predicted octanol–water partition coefficient (Wildman–Crippen LogP) is 1.43. The highest BCUT2D eigenvalue weighted by Crippen LogP contribution is 2.15. The van der Waals surface area contributed by atoms with Gasteiger partial charge in [0.25, 0.3) is 0 Å². The van der Waals surface area contributed by atoms with E-state index < -0.39 is 5.97 Å². The first kappa shape index (κ1) is 9.45. The summed E-state index contributed by atoms with van der Waals surface area (Å²) < 4.78 is 0. The van der Waals surface area contributed by atoms with E-state index in [2.05, 4.69) is 4.98 Å². The van der Waals surface area contributed by atoms with Crippen LogP contribution in [0.2, 0.25) is 0 Å². The first-order valence-corrected chi connectivity index (χ1v) is 4.57. The van der Waals surface area contributed by atoms with Crippen LogP contribution in [0, 0.1) is 0 Å². The molecule has 0 unspecified atom stereocenters. The lowest BCUT2D eigenvalue weighted by Gasteiger charge is -2.20. The Kier molecular flexibility index (Phi) is 2.49. The number of aromatic nitrogens is 1. The van der Waals surface area contributed by atoms with Crippen LogP contribution in [0.3, 0.4) is 0 Å². The van der Waals surface area contributed by atoms with Crippen molar-refractivity contribution in [2.75, 3.05) is 11.4 Å². The van der Waals surface area contributed by atoms with Gasteiger partial charge in [0.15, 0.2) is 0 Å². The molecule has 0 atom stereocenters. The third-order valence-corrected chi connectivity index (χ3v) is 2.08. The second-order valence-electron chi connectivity index (χ2n) is 3.13. The summed E-state index contributed by atoms with van der Waals surface area (Å²) in [6.07, 6.45) is 6.67. The minimum Gasteiger partial charge on any atom is -0.478 e. The van der Waals surface area contributed by atoms with Gasteiger partial charge < -0.3 is 10.0 Å². The molecule has 0 spiro atoms. The molecule has 1 aromatic heterocycles. The van der Waals surface area contributed by atoms with Crippen molar-refractivity contribution in [1.82, 2.24) is 4.98 Å². The third-order valence-electron chi connectivity index (χ3n) is 2.08. The fourth-order valence-electron chi connectivity index (χ4n) is 1.37. The minimum atomic E-state index is -0.924. The molecule has 0 saturated heterocycles. The van der Waals surface area contributed by atoms with E-state index in [1.54, 1.807) is 29.4 Å². The number of anilines is 1. The summed E-state index contributed by atoms with van der Waals surface area (Å²) in [6.45, 7) is 0.647. The van der Waals surface area contributed by atoms with Gasteiger partial charge in [0.2, 0.25) is 0 Å². The van der Waals surface area contributed by atoms with Crippen molar-refractivity contribution in [3.8, 4) is 0 Å². The van der Waals surface area contributed by atoms with E-state index in [-0.39, 0.29) is 5.57 Å². The van der Waals surface area contributed by atoms with Gasteiger partial charge in [-0.1, -0.05) is 12.1 Å². The summed E-state index contributed by atoms with van der Waals surface area (Å²) in [5, 5.41) is 8.84. The van der Waals surface area contributed by atoms with Crippen molar-refractivity contribution in [3.63, 3.8) is 0 Å². The maximum Gasteiger partial charge on any atom is 0.337 e. The summed E-state index contributed by atoms with van der Waals surface area (Å²) in [7, 11) is 0. The van der Waals surface area contributed by atoms with Gasteiger partial charge in [0.05, 0.1) is 5.57 Å². The Bertz CT molecular complexity index is 423. The van der Waals surface area contributed by atoms with E-state index in [1.165, 1.54) is 0 Å². The van der Waals surface area contributed by atoms with Gasteiger partial charge in [0.1, 0.15) is 5.82 Å². The molecule has 0 saturated carbocycles. The van der Waals surface area contributed by atoms with Crippen LogP contribution >= 0.6 is 0 Å². The van der Waals surface area contributed by atoms with Crippen LogP contribution in [0.15, 0.2) is 48.3 Å². The zero-order valence-corrected chi connectivity index (χ0v) is 8.00. The van der Waals surface area contributed by atoms with Crippen molar-refractivity contribution < 1.29 is 9.90 Å². The van der Waals surface area contributed by atoms with Gasteiger partial charge in [-0.3, -0.25) is 0 Å². The van der Waals surface area contributed by atoms with Crippen LogP contribution < -0.4 is 4.90 Å². The molecule has 1 aliphatic rings. The van der Waals surface area contributed by atoms with Crippen LogP contribution in [0.4, 0.5) is 5.82 Å². The Hall–Kier alpha value is -2.10. The SMILES string of the molecule is O=C(O)C1=CN(c2ccccn2)CC=C1. The Morgan fingerprint density at radius 2 is 2.33 bits per heavy atom. The Morgan fingerprint density at radius 1 is 1.47 bits per heavy atom. The number of carbonyl (C=O) groups is 1. The summed E-state index contributed by atoms with van der Waals surface area (Å²) in [5.74, 6) is -0.174. The Morgan fingerprint density at radius 3 is 3.00 bits per heavy atom. The van der Waals surface area contributed by atoms with Crippen molar-refractivity contribution in [3.05, 3.63) is 48.3 Å². The predicted molar refractivity (Wildman–Crippen MR) is 56.4 cm³/mol. The number of rotatable bonds is 2. The lowest BCUT2D eigenvalue weighted by molar-refractivity contribution is -0.132. The number of hydrogen-bond donors (Lipinski definition) is 1. The maximum absolute atomic E-state index is 10.8. The second-order valence-corrected chi connectivity index (χ2v) is 3.13. The molecular weight excluding hydrogens is 192 g/mol. The zero-order valence-electron chi connectivity index (χ0n) is 8.00. The van der Waals surface area contributed by atoms with Gasteiger partial charge >= 0.3 is 5.97 Å². The Balaban J connectivity index is 2.27. The van der Waals surface area contributed by atoms with Crippen molar-refractivity contribution >= 4 is 11.8 Å². The number of aliphatic carboxylic acids is 1. The van der Waals surface area contributed by atoms with Crippen molar-refractivity contribution in [1.29, 1.82) is 0 Å². The minimum absolute atomic E-state index is 0.270. The molecule has 0 amide bonds. The molecule has 1 N–H and O–H groups in total. The van der Waals surface area contributed by atoms with Gasteiger partial charge in [-0.15, -0.1) is 0 Å². The van der Waals surface area contributed by atoms with Gasteiger partial charge in [-0.05, 0) is 18.2 Å². The summed E-state index contributed by atoms with van der Waals surface area (Å²) in [5.41, 5.74) is 0.270. The lowest BCUT2D eigenvalue weighted by atomic mass is 10.2. The van der Waals surface area contributed by atoms with E-state index in [0.717, 1.165) is 5.82 Å². The van der Waals surface area contributed by atoms with Gasteiger partial charge in [-0.2, -0.15) is 0 Å². The molecule has 2 heterocycles. The normalized spacial score (nSPS) is 14.9. The third kappa shape index (κ3) is 2.04. The highest BCUT2D eigenvalue weighted by Gasteiger charge is 2.12. The van der Waals surface area contributed by atoms with E-state index in [0.29, 0.717) is 6.54 Å². The summed E-state index contributed by atoms with van der Waals surface area (Å²) >= 11 is 0. The zero-order chi connectivity index (χ0) is 10.7. The summed E-state index contributed by atoms with van der Waals surface area (Å²) in [6, 6.07) is 5.54. The molecule has 4 nitrogen and oxygen atoms in total. The number of pyridine rings is 1. The molecule has 15 heavy (non-hydrogen) atoms. The topological polar surface area (TPSA) is 53.4 Å². The monoisotopic (exact) mass is 202 g/mol. The fourth-order valence-corrected chi connectivity index (χ4v) is 1.37. The van der Waals surface area contributed by atoms with Crippen LogP contribution in [-0.4, -0.2) is 22.6 Å². The first-order chi connectivity index (χ1) is 7.27. The molecule has 1 aliphatic heterocycles. The van der Waals surface area contributed by atoms with Crippen LogP contribution in [-0.2, 0) is 4.79 Å². The standard InChI is InChI=1S/C11H10N2O2/c14-11(15)9-4-3-7-13(8-9)10-5-1-2-6-12-10/h1-6,8H,7H2,(H,14,15). The molecule has 0 aromatic carbocycles. The number of hydrogen-bond acceptors (Lipinski definition) is 3. The van der Waals surface area contributed by atoms with E-state index in [9.17, 15) is 4.79 Å². The molecule has 0 bridgehead atoms. The highest BCUT2D eigenvalue weighted by molar-refractivity contribution is 5.90. The summed E-state index contributed by atoms with van der Waals surface area (Å²) in [4.78, 5) is 16.7. The van der Waals surface area contributed by atoms with E-state index in [4.69, 9.17) is 5.11 Å². The smallest absolute Gasteiger partial charge is 0.337 e. The number of carboxylic acids is 1. The molecule has 4 heteroatoms.